The number of hydrogen-bond acceptors (Lipinski definition) is 4. The Morgan fingerprint density at radius 1 is 1.14 bits per heavy atom. The van der Waals surface area contributed by atoms with Crippen molar-refractivity contribution >= 4 is 15.7 Å². The van der Waals surface area contributed by atoms with Gasteiger partial charge in [0, 0.05) is 31.9 Å². The summed E-state index contributed by atoms with van der Waals surface area (Å²) in [6, 6.07) is 8.55. The minimum atomic E-state index is -3.17. The lowest BCUT2D eigenvalue weighted by atomic mass is 10.0. The molecule has 22 heavy (non-hydrogen) atoms. The highest BCUT2D eigenvalue weighted by molar-refractivity contribution is 7.89. The molecule has 0 unspecified atom stereocenters. The van der Waals surface area contributed by atoms with Crippen LogP contribution in [-0.2, 0) is 14.8 Å². The van der Waals surface area contributed by atoms with Gasteiger partial charge in [-0.2, -0.15) is 4.31 Å². The van der Waals surface area contributed by atoms with Gasteiger partial charge in [-0.15, -0.1) is 0 Å². The predicted molar refractivity (Wildman–Crippen MR) is 87.8 cm³/mol. The van der Waals surface area contributed by atoms with E-state index in [1.807, 2.05) is 0 Å². The van der Waals surface area contributed by atoms with E-state index in [0.717, 1.165) is 13.1 Å². The van der Waals surface area contributed by atoms with E-state index in [1.165, 1.54) is 11.3 Å². The smallest absolute Gasteiger partial charge is 0.221 e. The molecule has 0 saturated carbocycles. The van der Waals surface area contributed by atoms with Crippen LogP contribution in [0.4, 0.5) is 5.69 Å². The number of piperazine rings is 1. The number of sulfonamides is 1. The van der Waals surface area contributed by atoms with Gasteiger partial charge in [0.15, 0.2) is 0 Å². The number of nitrogens with zero attached hydrogens (tertiary/aromatic N) is 2. The van der Waals surface area contributed by atoms with Crippen molar-refractivity contribution in [3.63, 3.8) is 0 Å². The van der Waals surface area contributed by atoms with Crippen LogP contribution in [-0.4, -0.2) is 57.4 Å². The first-order valence-electron chi connectivity index (χ1n) is 7.90. The molecule has 6 heteroatoms. The van der Waals surface area contributed by atoms with E-state index in [2.05, 4.69) is 43.0 Å². The van der Waals surface area contributed by atoms with E-state index in [9.17, 15) is 8.42 Å². The molecule has 0 atom stereocenters. The Balaban J connectivity index is 1.65. The first-order chi connectivity index (χ1) is 10.5. The van der Waals surface area contributed by atoms with Gasteiger partial charge in [-0.05, 0) is 23.6 Å². The second-order valence-electron chi connectivity index (χ2n) is 6.34. The van der Waals surface area contributed by atoms with Crippen LogP contribution in [0.25, 0.3) is 0 Å². The van der Waals surface area contributed by atoms with Crippen LogP contribution in [0.2, 0.25) is 0 Å². The standard InChI is InChI=1S/C16H24N2O3S/c1-13(2)14-4-3-5-15(10-14)17-6-8-18(9-7-17)22(19,20)16-11-21-12-16/h3-5,10,13,16H,6-9,11-12H2,1-2H3. The van der Waals surface area contributed by atoms with Crippen LogP contribution in [0.5, 0.6) is 0 Å². The Hall–Kier alpha value is -1.11. The first kappa shape index (κ1) is 15.8. The Bertz CT molecular complexity index is 618. The molecule has 0 amide bonds. The molecule has 0 aliphatic carbocycles. The van der Waals surface area contributed by atoms with E-state index in [-0.39, 0.29) is 5.25 Å². The number of anilines is 1. The van der Waals surface area contributed by atoms with Crippen molar-refractivity contribution in [3.8, 4) is 0 Å². The van der Waals surface area contributed by atoms with E-state index in [0.29, 0.717) is 32.2 Å². The number of rotatable bonds is 4. The van der Waals surface area contributed by atoms with Crippen LogP contribution in [0, 0.1) is 0 Å². The minimum absolute atomic E-state index is 0.330. The SMILES string of the molecule is CC(C)c1cccc(N2CCN(S(=O)(=O)C3COC3)CC2)c1. The zero-order valence-corrected chi connectivity index (χ0v) is 14.1. The summed E-state index contributed by atoms with van der Waals surface area (Å²) in [4.78, 5) is 2.27. The third-order valence-corrected chi connectivity index (χ3v) is 6.73. The summed E-state index contributed by atoms with van der Waals surface area (Å²) < 4.78 is 31.4. The number of ether oxygens (including phenoxy) is 1. The summed E-state index contributed by atoms with van der Waals surface area (Å²) in [5.74, 6) is 0.500. The quantitative estimate of drug-likeness (QED) is 0.845. The van der Waals surface area contributed by atoms with Crippen LogP contribution in [0.1, 0.15) is 25.3 Å². The Morgan fingerprint density at radius 3 is 2.36 bits per heavy atom. The average molecular weight is 324 g/mol. The molecule has 122 valence electrons. The third kappa shape index (κ3) is 3.00. The molecular formula is C16H24N2O3S. The fourth-order valence-electron chi connectivity index (χ4n) is 2.88. The Morgan fingerprint density at radius 2 is 1.82 bits per heavy atom. The molecular weight excluding hydrogens is 300 g/mol. The molecule has 0 radical (unpaired) electrons. The zero-order valence-electron chi connectivity index (χ0n) is 13.2. The lowest BCUT2D eigenvalue weighted by molar-refractivity contribution is 0.0391. The highest BCUT2D eigenvalue weighted by Gasteiger charge is 2.38. The van der Waals surface area contributed by atoms with Gasteiger partial charge in [0.1, 0.15) is 5.25 Å². The molecule has 2 fully saturated rings. The fourth-order valence-corrected chi connectivity index (χ4v) is 4.51. The highest BCUT2D eigenvalue weighted by atomic mass is 32.2. The maximum atomic E-state index is 12.4. The second-order valence-corrected chi connectivity index (χ2v) is 8.55. The van der Waals surface area contributed by atoms with Crippen molar-refractivity contribution in [3.05, 3.63) is 29.8 Å². The van der Waals surface area contributed by atoms with Gasteiger partial charge in [0.25, 0.3) is 0 Å². The maximum absolute atomic E-state index is 12.4. The van der Waals surface area contributed by atoms with E-state index < -0.39 is 10.0 Å². The van der Waals surface area contributed by atoms with E-state index in [1.54, 1.807) is 4.31 Å². The lowest BCUT2D eigenvalue weighted by Crippen LogP contribution is -2.55. The average Bonchev–Trinajstić information content (AvgIpc) is 2.45. The number of benzene rings is 1. The number of hydrogen-bond donors (Lipinski definition) is 0. The molecule has 2 aliphatic rings. The molecule has 2 aliphatic heterocycles. The van der Waals surface area contributed by atoms with Gasteiger partial charge in [-0.3, -0.25) is 0 Å². The third-order valence-electron chi connectivity index (χ3n) is 4.53. The fraction of sp³-hybridized carbons (Fsp3) is 0.625. The Kier molecular flexibility index (Phi) is 4.43. The summed E-state index contributed by atoms with van der Waals surface area (Å²) in [6.45, 7) is 7.67. The lowest BCUT2D eigenvalue weighted by Gasteiger charge is -2.38. The van der Waals surface area contributed by atoms with Crippen molar-refractivity contribution in [1.29, 1.82) is 0 Å². The van der Waals surface area contributed by atoms with Gasteiger partial charge in [0.05, 0.1) is 13.2 Å². The normalized spacial score (nSPS) is 21.1. The van der Waals surface area contributed by atoms with Gasteiger partial charge >= 0.3 is 0 Å². The van der Waals surface area contributed by atoms with Crippen molar-refractivity contribution in [1.82, 2.24) is 4.31 Å². The second kappa shape index (κ2) is 6.18. The van der Waals surface area contributed by atoms with Crippen LogP contribution < -0.4 is 4.90 Å². The van der Waals surface area contributed by atoms with Crippen molar-refractivity contribution in [2.75, 3.05) is 44.3 Å². The minimum Gasteiger partial charge on any atom is -0.378 e. The molecule has 0 bridgehead atoms. The predicted octanol–water partition coefficient (Wildman–Crippen LogP) is 1.66. The topological polar surface area (TPSA) is 49.9 Å². The first-order valence-corrected chi connectivity index (χ1v) is 9.40. The molecule has 0 aromatic heterocycles. The van der Waals surface area contributed by atoms with Gasteiger partial charge in [-0.1, -0.05) is 26.0 Å². The maximum Gasteiger partial charge on any atom is 0.221 e. The summed E-state index contributed by atoms with van der Waals surface area (Å²) in [5, 5.41) is -0.330. The summed E-state index contributed by atoms with van der Waals surface area (Å²) in [5.41, 5.74) is 2.51. The molecule has 2 saturated heterocycles. The summed E-state index contributed by atoms with van der Waals surface area (Å²) in [7, 11) is -3.17. The highest BCUT2D eigenvalue weighted by Crippen LogP contribution is 2.24. The molecule has 1 aromatic carbocycles. The van der Waals surface area contributed by atoms with Crippen molar-refractivity contribution < 1.29 is 13.2 Å². The molecule has 1 aromatic rings. The largest absolute Gasteiger partial charge is 0.378 e. The van der Waals surface area contributed by atoms with Crippen LogP contribution in [0.3, 0.4) is 0 Å². The van der Waals surface area contributed by atoms with E-state index >= 15 is 0 Å². The zero-order chi connectivity index (χ0) is 15.7. The molecule has 0 spiro atoms. The molecule has 2 heterocycles. The van der Waals surface area contributed by atoms with Gasteiger partial charge in [-0.25, -0.2) is 8.42 Å². The Labute approximate surface area is 132 Å². The van der Waals surface area contributed by atoms with Crippen molar-refractivity contribution in [2.24, 2.45) is 0 Å². The van der Waals surface area contributed by atoms with E-state index in [4.69, 9.17) is 4.74 Å². The molecule has 0 N–H and O–H groups in total. The van der Waals surface area contributed by atoms with Crippen molar-refractivity contribution in [2.45, 2.75) is 25.0 Å². The van der Waals surface area contributed by atoms with Crippen LogP contribution in [0.15, 0.2) is 24.3 Å². The molecule has 5 nitrogen and oxygen atoms in total. The summed E-state index contributed by atoms with van der Waals surface area (Å²) >= 11 is 0. The van der Waals surface area contributed by atoms with Gasteiger partial charge in [0.2, 0.25) is 10.0 Å². The molecule has 3 rings (SSSR count). The van der Waals surface area contributed by atoms with Crippen LogP contribution >= 0.6 is 0 Å². The monoisotopic (exact) mass is 324 g/mol. The summed E-state index contributed by atoms with van der Waals surface area (Å²) in [6.07, 6.45) is 0. The van der Waals surface area contributed by atoms with Gasteiger partial charge < -0.3 is 9.64 Å².